The van der Waals surface area contributed by atoms with Crippen molar-refractivity contribution in [2.45, 2.75) is 11.8 Å². The molecule has 0 spiro atoms. The normalized spacial score (nSPS) is 13.7. The van der Waals surface area contributed by atoms with Crippen LogP contribution in [0.1, 0.15) is 34.1 Å². The van der Waals surface area contributed by atoms with E-state index in [0.29, 0.717) is 26.2 Å². The molecule has 4 heteroatoms. The fraction of sp³-hybridized carbons (Fsp3) is 0.188. The zero-order valence-corrected chi connectivity index (χ0v) is 20.2. The van der Waals surface area contributed by atoms with Crippen LogP contribution in [0.2, 0.25) is 0 Å². The van der Waals surface area contributed by atoms with Crippen LogP contribution in [-0.2, 0) is 9.59 Å². The number of carbonyl (C=O) groups excluding carboxylic acids is 2. The maximum absolute atomic E-state index is 13.8. The van der Waals surface area contributed by atoms with E-state index >= 15 is 0 Å². The van der Waals surface area contributed by atoms with Crippen molar-refractivity contribution >= 4 is 11.8 Å². The number of piperazine rings is 1. The van der Waals surface area contributed by atoms with E-state index in [-0.39, 0.29) is 23.7 Å². The lowest BCUT2D eigenvalue weighted by atomic mass is 9.89. The molecular weight excluding hydrogens is 444 g/mol. The van der Waals surface area contributed by atoms with Crippen LogP contribution in [0, 0.1) is 0 Å². The van der Waals surface area contributed by atoms with Gasteiger partial charge in [0, 0.05) is 26.2 Å². The summed E-state index contributed by atoms with van der Waals surface area (Å²) in [5, 5.41) is 0. The van der Waals surface area contributed by atoms with Crippen LogP contribution in [0.5, 0.6) is 0 Å². The summed E-state index contributed by atoms with van der Waals surface area (Å²) in [5.74, 6) is -0.531. The number of benzene rings is 4. The number of rotatable bonds is 6. The Labute approximate surface area is 212 Å². The van der Waals surface area contributed by atoms with Crippen LogP contribution >= 0.6 is 0 Å². The first kappa shape index (κ1) is 23.6. The van der Waals surface area contributed by atoms with Gasteiger partial charge in [0.25, 0.3) is 0 Å². The second kappa shape index (κ2) is 11.0. The largest absolute Gasteiger partial charge is 0.338 e. The number of nitrogens with zero attached hydrogens (tertiary/aromatic N) is 2. The van der Waals surface area contributed by atoms with Gasteiger partial charge >= 0.3 is 0 Å². The van der Waals surface area contributed by atoms with Crippen LogP contribution in [0.15, 0.2) is 121 Å². The van der Waals surface area contributed by atoms with Crippen molar-refractivity contribution < 1.29 is 9.59 Å². The van der Waals surface area contributed by atoms with Crippen LogP contribution in [-0.4, -0.2) is 47.8 Å². The molecule has 0 bridgehead atoms. The number of amides is 2. The summed E-state index contributed by atoms with van der Waals surface area (Å²) in [7, 11) is 0. The summed E-state index contributed by atoms with van der Waals surface area (Å²) < 4.78 is 0. The molecule has 1 aliphatic rings. The highest BCUT2D eigenvalue weighted by Gasteiger charge is 2.33. The average Bonchev–Trinajstić information content (AvgIpc) is 2.96. The smallest absolute Gasteiger partial charge is 0.234 e. The highest BCUT2D eigenvalue weighted by Crippen LogP contribution is 2.29. The van der Waals surface area contributed by atoms with Gasteiger partial charge in [-0.05, 0) is 22.3 Å². The Hall–Kier alpha value is -4.18. The third kappa shape index (κ3) is 5.08. The Morgan fingerprint density at radius 3 is 0.861 bits per heavy atom. The topological polar surface area (TPSA) is 40.6 Å². The van der Waals surface area contributed by atoms with Gasteiger partial charge in [-0.2, -0.15) is 0 Å². The SMILES string of the molecule is O=C(C(c1ccccc1)c1ccccc1)N1CCN(C(=O)C(c2ccccc2)c2ccccc2)CC1. The predicted octanol–water partition coefficient (Wildman–Crippen LogP) is 5.32. The molecule has 0 radical (unpaired) electrons. The van der Waals surface area contributed by atoms with Gasteiger partial charge in [0.05, 0.1) is 11.8 Å². The molecular formula is C32H30N2O2. The Kier molecular flexibility index (Phi) is 7.23. The minimum absolute atomic E-state index is 0.0853. The van der Waals surface area contributed by atoms with Gasteiger partial charge < -0.3 is 9.80 Å². The van der Waals surface area contributed by atoms with Gasteiger partial charge in [-0.1, -0.05) is 121 Å². The highest BCUT2D eigenvalue weighted by molar-refractivity contribution is 5.89. The van der Waals surface area contributed by atoms with Gasteiger partial charge in [-0.25, -0.2) is 0 Å². The van der Waals surface area contributed by atoms with E-state index in [1.165, 1.54) is 0 Å². The molecule has 0 aromatic heterocycles. The third-order valence-corrected chi connectivity index (χ3v) is 6.93. The van der Waals surface area contributed by atoms with Crippen molar-refractivity contribution in [1.29, 1.82) is 0 Å². The molecule has 0 aliphatic carbocycles. The van der Waals surface area contributed by atoms with E-state index in [0.717, 1.165) is 22.3 Å². The second-order valence-corrected chi connectivity index (χ2v) is 9.16. The molecule has 1 aliphatic heterocycles. The van der Waals surface area contributed by atoms with Crippen LogP contribution in [0.4, 0.5) is 0 Å². The van der Waals surface area contributed by atoms with Gasteiger partial charge in [0.2, 0.25) is 11.8 Å². The maximum atomic E-state index is 13.8. The summed E-state index contributed by atoms with van der Waals surface area (Å²) in [6, 6.07) is 39.8. The Bertz CT molecular complexity index is 1090. The van der Waals surface area contributed by atoms with Gasteiger partial charge in [0.15, 0.2) is 0 Å². The van der Waals surface area contributed by atoms with Crippen LogP contribution < -0.4 is 0 Å². The number of hydrogen-bond donors (Lipinski definition) is 0. The van der Waals surface area contributed by atoms with Crippen molar-refractivity contribution in [2.24, 2.45) is 0 Å². The third-order valence-electron chi connectivity index (χ3n) is 6.93. The standard InChI is InChI=1S/C32H30N2O2/c35-31(29(25-13-5-1-6-14-25)26-15-7-2-8-16-26)33-21-23-34(24-22-33)32(36)30(27-17-9-3-10-18-27)28-19-11-4-12-20-28/h1-20,29-30H,21-24H2. The molecule has 36 heavy (non-hydrogen) atoms. The van der Waals surface area contributed by atoms with Crippen molar-refractivity contribution in [1.82, 2.24) is 9.80 Å². The van der Waals surface area contributed by atoms with E-state index in [1.54, 1.807) is 0 Å². The molecule has 4 nitrogen and oxygen atoms in total. The van der Waals surface area contributed by atoms with Crippen molar-refractivity contribution in [3.63, 3.8) is 0 Å². The summed E-state index contributed by atoms with van der Waals surface area (Å²) >= 11 is 0. The highest BCUT2D eigenvalue weighted by atomic mass is 16.2. The Morgan fingerprint density at radius 1 is 0.417 bits per heavy atom. The minimum atomic E-state index is -0.351. The monoisotopic (exact) mass is 474 g/mol. The van der Waals surface area contributed by atoms with E-state index < -0.39 is 0 Å². The summed E-state index contributed by atoms with van der Waals surface area (Å²) in [6.07, 6.45) is 0. The van der Waals surface area contributed by atoms with Crippen LogP contribution in [0.25, 0.3) is 0 Å². The van der Waals surface area contributed by atoms with Gasteiger partial charge in [-0.3, -0.25) is 9.59 Å². The molecule has 5 rings (SSSR count). The first-order valence-corrected chi connectivity index (χ1v) is 12.5. The second-order valence-electron chi connectivity index (χ2n) is 9.16. The zero-order chi connectivity index (χ0) is 24.7. The minimum Gasteiger partial charge on any atom is -0.338 e. The number of carbonyl (C=O) groups is 2. The first-order chi connectivity index (χ1) is 17.7. The molecule has 2 amide bonds. The summed E-state index contributed by atoms with van der Waals surface area (Å²) in [6.45, 7) is 2.10. The summed E-state index contributed by atoms with van der Waals surface area (Å²) in [4.78, 5) is 31.4. The number of hydrogen-bond acceptors (Lipinski definition) is 2. The van der Waals surface area contributed by atoms with Crippen molar-refractivity contribution in [3.05, 3.63) is 144 Å². The fourth-order valence-electron chi connectivity index (χ4n) is 5.05. The van der Waals surface area contributed by atoms with E-state index in [1.807, 2.05) is 131 Å². The molecule has 0 saturated carbocycles. The van der Waals surface area contributed by atoms with E-state index in [9.17, 15) is 9.59 Å². The van der Waals surface area contributed by atoms with Crippen molar-refractivity contribution in [2.75, 3.05) is 26.2 Å². The first-order valence-electron chi connectivity index (χ1n) is 12.5. The molecule has 1 fully saturated rings. The zero-order valence-electron chi connectivity index (χ0n) is 20.2. The molecule has 0 N–H and O–H groups in total. The lowest BCUT2D eigenvalue weighted by Crippen LogP contribution is -2.52. The average molecular weight is 475 g/mol. The quantitative estimate of drug-likeness (QED) is 0.379. The Morgan fingerprint density at radius 2 is 0.639 bits per heavy atom. The molecule has 1 saturated heterocycles. The summed E-state index contributed by atoms with van der Waals surface area (Å²) in [5.41, 5.74) is 3.95. The van der Waals surface area contributed by atoms with Crippen LogP contribution in [0.3, 0.4) is 0 Å². The predicted molar refractivity (Wildman–Crippen MR) is 143 cm³/mol. The maximum Gasteiger partial charge on any atom is 0.234 e. The van der Waals surface area contributed by atoms with Gasteiger partial charge in [-0.15, -0.1) is 0 Å². The van der Waals surface area contributed by atoms with Crippen molar-refractivity contribution in [3.8, 4) is 0 Å². The fourth-order valence-corrected chi connectivity index (χ4v) is 5.05. The molecule has 180 valence electrons. The molecule has 4 aromatic rings. The molecule has 1 heterocycles. The van der Waals surface area contributed by atoms with Gasteiger partial charge in [0.1, 0.15) is 0 Å². The molecule has 0 atom stereocenters. The van der Waals surface area contributed by atoms with E-state index in [4.69, 9.17) is 0 Å². The lowest BCUT2D eigenvalue weighted by Gasteiger charge is -2.38. The van der Waals surface area contributed by atoms with E-state index in [2.05, 4.69) is 0 Å². The molecule has 4 aromatic carbocycles. The Balaban J connectivity index is 1.34. The lowest BCUT2D eigenvalue weighted by molar-refractivity contribution is -0.140. The molecule has 0 unspecified atom stereocenters.